The van der Waals surface area contributed by atoms with Crippen LogP contribution in [0.3, 0.4) is 0 Å². The second-order valence-electron chi connectivity index (χ2n) is 7.93. The van der Waals surface area contributed by atoms with Crippen LogP contribution in [0.1, 0.15) is 50.2 Å². The van der Waals surface area contributed by atoms with Gasteiger partial charge >= 0.3 is 11.9 Å². The highest BCUT2D eigenvalue weighted by atomic mass is 35.5. The van der Waals surface area contributed by atoms with Crippen LogP contribution in [-0.4, -0.2) is 11.9 Å². The molecule has 5 heteroatoms. The second kappa shape index (κ2) is 6.49. The molecule has 144 valence electrons. The molecule has 2 unspecified atom stereocenters. The van der Waals surface area contributed by atoms with Crippen molar-refractivity contribution in [1.82, 2.24) is 0 Å². The third-order valence-corrected chi connectivity index (χ3v) is 6.11. The average molecular weight is 397 g/mol. The van der Waals surface area contributed by atoms with Crippen molar-refractivity contribution in [1.29, 1.82) is 0 Å². The van der Waals surface area contributed by atoms with Crippen LogP contribution >= 0.6 is 11.6 Å². The summed E-state index contributed by atoms with van der Waals surface area (Å²) in [6.07, 6.45) is 4.08. The van der Waals surface area contributed by atoms with Crippen LogP contribution in [0.4, 0.5) is 0 Å². The largest absolute Gasteiger partial charge is 0.422 e. The van der Waals surface area contributed by atoms with Crippen LogP contribution < -0.4 is 9.47 Å². The van der Waals surface area contributed by atoms with E-state index in [2.05, 4.69) is 20.1 Å². The molecule has 0 heterocycles. The number of halogens is 1. The van der Waals surface area contributed by atoms with Crippen LogP contribution in [0.15, 0.2) is 43.0 Å². The van der Waals surface area contributed by atoms with E-state index in [4.69, 9.17) is 21.1 Å². The van der Waals surface area contributed by atoms with Gasteiger partial charge in [-0.15, -0.1) is 0 Å². The molecule has 2 aromatic rings. The van der Waals surface area contributed by atoms with Gasteiger partial charge in [-0.3, -0.25) is 0 Å². The maximum atomic E-state index is 12.4. The Balaban J connectivity index is 2.08. The summed E-state index contributed by atoms with van der Waals surface area (Å²) in [7, 11) is 0. The molecule has 0 saturated heterocycles. The van der Waals surface area contributed by atoms with Crippen molar-refractivity contribution in [3.63, 3.8) is 0 Å². The summed E-state index contributed by atoms with van der Waals surface area (Å²) in [5.74, 6) is 0.289. The minimum Gasteiger partial charge on any atom is -0.422 e. The van der Waals surface area contributed by atoms with Crippen LogP contribution in [-0.2, 0) is 15.0 Å². The summed E-state index contributed by atoms with van der Waals surface area (Å²) in [6, 6.07) is 5.29. The van der Waals surface area contributed by atoms with Gasteiger partial charge in [0.1, 0.15) is 11.5 Å². The number of carbonyl (C=O) groups excluding carboxylic acids is 2. The van der Waals surface area contributed by atoms with E-state index in [0.29, 0.717) is 32.9 Å². The summed E-state index contributed by atoms with van der Waals surface area (Å²) in [5, 5.41) is 1.86. The smallest absolute Gasteiger partial charge is 0.338 e. The number of rotatable bonds is 4. The number of esters is 2. The molecule has 0 aliphatic heterocycles. The number of fused-ring (bicyclic) bond motifs is 6. The lowest BCUT2D eigenvalue weighted by Gasteiger charge is -2.29. The summed E-state index contributed by atoms with van der Waals surface area (Å²) < 4.78 is 11.5. The Kier molecular flexibility index (Phi) is 4.35. The first-order valence-electron chi connectivity index (χ1n) is 9.26. The lowest BCUT2D eigenvalue weighted by Crippen LogP contribution is -2.20. The van der Waals surface area contributed by atoms with Crippen LogP contribution in [0, 0.1) is 0 Å². The molecule has 2 aliphatic carbocycles. The van der Waals surface area contributed by atoms with Gasteiger partial charge < -0.3 is 9.47 Å². The fraction of sp³-hybridized carbons (Fsp3) is 0.304. The first-order valence-corrected chi connectivity index (χ1v) is 9.64. The molecule has 0 radical (unpaired) electrons. The van der Waals surface area contributed by atoms with Crippen molar-refractivity contribution in [2.24, 2.45) is 0 Å². The fourth-order valence-corrected chi connectivity index (χ4v) is 4.83. The molecule has 0 spiro atoms. The highest BCUT2D eigenvalue weighted by Gasteiger charge is 2.50. The summed E-state index contributed by atoms with van der Waals surface area (Å²) >= 11 is 6.25. The molecule has 0 aromatic heterocycles. The fourth-order valence-electron chi connectivity index (χ4n) is 4.66. The molecule has 1 fully saturated rings. The maximum Gasteiger partial charge on any atom is 0.338 e. The van der Waals surface area contributed by atoms with Gasteiger partial charge in [0.25, 0.3) is 0 Å². The molecule has 2 atom stereocenters. The number of hydrogen-bond donors (Lipinski definition) is 0. The molecule has 2 bridgehead atoms. The minimum atomic E-state index is -0.526. The van der Waals surface area contributed by atoms with Gasteiger partial charge in [-0.1, -0.05) is 31.7 Å². The van der Waals surface area contributed by atoms with Crippen LogP contribution in [0.25, 0.3) is 10.8 Å². The molecule has 2 aromatic carbocycles. The molecule has 28 heavy (non-hydrogen) atoms. The van der Waals surface area contributed by atoms with Crippen molar-refractivity contribution in [2.45, 2.75) is 44.4 Å². The third kappa shape index (κ3) is 2.75. The van der Waals surface area contributed by atoms with E-state index < -0.39 is 11.9 Å². The number of hydrogen-bond acceptors (Lipinski definition) is 4. The Morgan fingerprint density at radius 3 is 2.68 bits per heavy atom. The molecule has 4 nitrogen and oxygen atoms in total. The number of carbonyl (C=O) groups is 2. The summed E-state index contributed by atoms with van der Waals surface area (Å²) in [4.78, 5) is 24.5. The molecular weight excluding hydrogens is 376 g/mol. The highest BCUT2D eigenvalue weighted by molar-refractivity contribution is 6.31. The topological polar surface area (TPSA) is 52.6 Å². The van der Waals surface area contributed by atoms with E-state index in [-0.39, 0.29) is 11.3 Å². The van der Waals surface area contributed by atoms with E-state index in [1.807, 2.05) is 0 Å². The van der Waals surface area contributed by atoms with Gasteiger partial charge in [0.2, 0.25) is 0 Å². The lowest BCUT2D eigenvalue weighted by atomic mass is 9.78. The van der Waals surface area contributed by atoms with Crippen molar-refractivity contribution >= 4 is 34.3 Å². The zero-order valence-corrected chi connectivity index (χ0v) is 16.7. The van der Waals surface area contributed by atoms with Gasteiger partial charge in [0, 0.05) is 38.6 Å². The first kappa shape index (κ1) is 18.8. The van der Waals surface area contributed by atoms with Crippen LogP contribution in [0.2, 0.25) is 5.02 Å². The van der Waals surface area contributed by atoms with E-state index in [1.54, 1.807) is 25.1 Å². The Morgan fingerprint density at radius 2 is 2.00 bits per heavy atom. The third-order valence-electron chi connectivity index (χ3n) is 5.88. The molecular formula is C23H21ClO4. The van der Waals surface area contributed by atoms with Gasteiger partial charge in [-0.05, 0) is 55.7 Å². The van der Waals surface area contributed by atoms with E-state index in [0.717, 1.165) is 36.5 Å². The Morgan fingerprint density at radius 1 is 1.25 bits per heavy atom. The lowest BCUT2D eigenvalue weighted by molar-refractivity contribution is -0.130. The quantitative estimate of drug-likeness (QED) is 0.383. The second-order valence-corrected chi connectivity index (χ2v) is 8.37. The van der Waals surface area contributed by atoms with E-state index >= 15 is 0 Å². The maximum absolute atomic E-state index is 12.4. The predicted octanol–water partition coefficient (Wildman–Crippen LogP) is 5.60. The molecule has 2 aliphatic rings. The zero-order valence-electron chi connectivity index (χ0n) is 15.9. The van der Waals surface area contributed by atoms with Crippen LogP contribution in [0.5, 0.6) is 11.5 Å². The van der Waals surface area contributed by atoms with E-state index in [1.165, 1.54) is 0 Å². The van der Waals surface area contributed by atoms with E-state index in [9.17, 15) is 9.59 Å². The Hall–Kier alpha value is -2.59. The SMILES string of the molecule is C=CC(=O)Oc1c2c(c(OC(=O)C(=C)C)c3ccc(Cl)cc13)C1CCC2(C)C1. The summed E-state index contributed by atoms with van der Waals surface area (Å²) in [6.45, 7) is 11.0. The number of ether oxygens (including phenoxy) is 2. The molecule has 1 saturated carbocycles. The standard InChI is InChI=1S/C23H21ClO4/c1-5-17(25)27-21-16-10-14(24)6-7-15(16)20(28-22(26)12(2)3)18-13-8-9-23(4,11-13)19(18)21/h5-7,10,13H,1-2,8-9,11H2,3-4H3. The highest BCUT2D eigenvalue weighted by Crippen LogP contribution is 2.64. The summed E-state index contributed by atoms with van der Waals surface area (Å²) in [5.41, 5.74) is 2.09. The minimum absolute atomic E-state index is 0.141. The Bertz CT molecular complexity index is 1070. The first-order chi connectivity index (χ1) is 13.2. The normalized spacial score (nSPS) is 22.0. The van der Waals surface area contributed by atoms with Gasteiger partial charge in [-0.25, -0.2) is 9.59 Å². The van der Waals surface area contributed by atoms with Crippen molar-refractivity contribution in [3.8, 4) is 11.5 Å². The number of benzene rings is 2. The molecule has 4 rings (SSSR count). The van der Waals surface area contributed by atoms with Gasteiger partial charge in [-0.2, -0.15) is 0 Å². The van der Waals surface area contributed by atoms with Crippen molar-refractivity contribution in [2.75, 3.05) is 0 Å². The Labute approximate surface area is 168 Å². The predicted molar refractivity (Wildman–Crippen MR) is 109 cm³/mol. The zero-order chi connectivity index (χ0) is 20.2. The molecule has 0 N–H and O–H groups in total. The average Bonchev–Trinajstić information content (AvgIpc) is 3.17. The van der Waals surface area contributed by atoms with Crippen molar-refractivity contribution in [3.05, 3.63) is 59.2 Å². The van der Waals surface area contributed by atoms with Gasteiger partial charge in [0.05, 0.1) is 0 Å². The molecule has 0 amide bonds. The van der Waals surface area contributed by atoms with Crippen molar-refractivity contribution < 1.29 is 19.1 Å². The monoisotopic (exact) mass is 396 g/mol. The van der Waals surface area contributed by atoms with Gasteiger partial charge in [0.15, 0.2) is 0 Å².